The van der Waals surface area contributed by atoms with Crippen LogP contribution in [0.5, 0.6) is 0 Å². The minimum atomic E-state index is -4.78. The molecule has 1 aromatic carbocycles. The van der Waals surface area contributed by atoms with Crippen LogP contribution in [0.15, 0.2) is 18.2 Å². The lowest BCUT2D eigenvalue weighted by Crippen LogP contribution is -2.65. The van der Waals surface area contributed by atoms with Gasteiger partial charge in [0.2, 0.25) is 59.1 Å². The second-order valence-corrected chi connectivity index (χ2v) is 29.2. The molecule has 1 unspecified atom stereocenters. The minimum absolute atomic E-state index is 0.00675. The van der Waals surface area contributed by atoms with Crippen molar-refractivity contribution in [2.24, 2.45) is 23.7 Å². The normalized spacial score (nSPS) is 25.8. The zero-order chi connectivity index (χ0) is 72.7. The monoisotopic (exact) mass is 1400 g/mol. The molecule has 2 saturated heterocycles. The number of nitrogens with one attached hydrogen (secondary N) is 3. The van der Waals surface area contributed by atoms with E-state index in [1.54, 1.807) is 11.8 Å². The number of benzene rings is 1. The van der Waals surface area contributed by atoms with Crippen molar-refractivity contribution in [1.29, 1.82) is 0 Å². The zero-order valence-electron chi connectivity index (χ0n) is 59.7. The van der Waals surface area contributed by atoms with Crippen LogP contribution < -0.4 is 16.0 Å². The lowest BCUT2D eigenvalue weighted by Gasteiger charge is -2.43. The maximum absolute atomic E-state index is 15.7. The van der Waals surface area contributed by atoms with E-state index in [0.717, 1.165) is 91.7 Å². The number of nitrogens with zero attached hydrogens (tertiary/aromatic N) is 9. The van der Waals surface area contributed by atoms with Crippen LogP contribution in [0.25, 0.3) is 0 Å². The van der Waals surface area contributed by atoms with Gasteiger partial charge in [0, 0.05) is 69.5 Å². The summed E-state index contributed by atoms with van der Waals surface area (Å²) in [7, 11) is 11.0. The molecule has 2 aliphatic heterocycles. The molecule has 3 N–H and O–H groups in total. The van der Waals surface area contributed by atoms with Gasteiger partial charge in [-0.1, -0.05) is 116 Å². The van der Waals surface area contributed by atoms with Gasteiger partial charge in [-0.05, 0) is 112 Å². The smallest absolute Gasteiger partial charge is 0.343 e. The van der Waals surface area contributed by atoms with E-state index < -0.39 is 167 Å². The van der Waals surface area contributed by atoms with Crippen molar-refractivity contribution in [1.82, 2.24) is 60.0 Å². The van der Waals surface area contributed by atoms with Gasteiger partial charge in [0.1, 0.15) is 41.8 Å². The number of aryl methyl sites for hydroxylation is 1. The number of hydrogen-bond donors (Lipinski definition) is 3. The lowest BCUT2D eigenvalue weighted by molar-refractivity contribution is -0.156. The topological polar surface area (TPSA) is 270 Å². The maximum atomic E-state index is 15.7. The molecule has 5 aliphatic rings. The first kappa shape index (κ1) is 79.9. The molecule has 5 fully saturated rings. The van der Waals surface area contributed by atoms with Crippen molar-refractivity contribution in [3.8, 4) is 0 Å². The Morgan fingerprint density at radius 1 is 0.633 bits per heavy atom. The van der Waals surface area contributed by atoms with Crippen molar-refractivity contribution < 1.29 is 70.7 Å². The number of amides is 13. The first-order valence-electron chi connectivity index (χ1n) is 35.3. The van der Waals surface area contributed by atoms with Crippen LogP contribution in [0.3, 0.4) is 0 Å². The summed E-state index contributed by atoms with van der Waals surface area (Å²) in [5.41, 5.74) is -2.54. The standard InChI is InChI=1S/C70H108ClF3N12O12/c1-13-45(4)59-65(95)80(7)42-57(89)78(5)43-58(90)82(9)53(39-46-25-17-14-18-26-46)63(93)79(6)41-55(87)75-51(32-30-47-29-31-49(50(71)38-47)70(72,73)74)62(92)85(12)68(98)77-69(33-21-22-34-69)67(97)84(11)60(48-27-19-15-20-28-48)66(96)83(10)54(64(94)86-35-23-16-24-36-86)40-56(88)81(8)52(37-44(2)3)61(91)76-59/h29,31,38,44-46,48,51-54,59-60H,13-28,30,32-37,39-43H2,1-12H3,(H,75,87)(H,76,91)(H,77,98)/t45-,51+,52-,53-,54-,59-,60?/m0/s1. The molecule has 6 rings (SSSR count). The fourth-order valence-corrected chi connectivity index (χ4v) is 15.0. The van der Waals surface area contributed by atoms with E-state index in [4.69, 9.17) is 11.6 Å². The average molecular weight is 1400 g/mol. The number of alkyl halides is 3. The Morgan fingerprint density at radius 3 is 1.79 bits per heavy atom. The van der Waals surface area contributed by atoms with E-state index in [1.807, 2.05) is 20.8 Å². The van der Waals surface area contributed by atoms with Crippen LogP contribution in [0.1, 0.15) is 180 Å². The van der Waals surface area contributed by atoms with Crippen LogP contribution in [-0.4, -0.2) is 246 Å². The van der Waals surface area contributed by atoms with Gasteiger partial charge in [0.25, 0.3) is 5.91 Å². The lowest BCUT2D eigenvalue weighted by atomic mass is 9.81. The van der Waals surface area contributed by atoms with Crippen molar-refractivity contribution in [3.05, 3.63) is 34.3 Å². The Labute approximate surface area is 581 Å². The van der Waals surface area contributed by atoms with Gasteiger partial charge in [0.05, 0.1) is 36.6 Å². The Morgan fingerprint density at radius 2 is 1.20 bits per heavy atom. The molecule has 3 saturated carbocycles. The molecule has 0 radical (unpaired) electrons. The molecule has 24 nitrogen and oxygen atoms in total. The van der Waals surface area contributed by atoms with Gasteiger partial charge in [0.15, 0.2) is 0 Å². The summed E-state index contributed by atoms with van der Waals surface area (Å²) >= 11 is 6.12. The molecule has 7 atom stereocenters. The Kier molecular flexibility index (Phi) is 29.2. The Balaban J connectivity index is 1.44. The van der Waals surface area contributed by atoms with Gasteiger partial charge in [-0.3, -0.25) is 57.6 Å². The molecule has 13 amide bonds. The fraction of sp³-hybridized carbons (Fsp3) is 0.743. The van der Waals surface area contributed by atoms with Crippen LogP contribution in [-0.2, 0) is 65.3 Å². The van der Waals surface area contributed by atoms with E-state index in [1.165, 1.54) is 75.0 Å². The number of carbonyl (C=O) groups excluding carboxylic acids is 12. The summed E-state index contributed by atoms with van der Waals surface area (Å²) in [5.74, 6) is -8.67. The van der Waals surface area contributed by atoms with E-state index in [2.05, 4.69) is 16.0 Å². The van der Waals surface area contributed by atoms with Crippen LogP contribution >= 0.6 is 11.6 Å². The first-order chi connectivity index (χ1) is 46.1. The van der Waals surface area contributed by atoms with Crippen molar-refractivity contribution in [2.45, 2.75) is 223 Å². The molecule has 2 heterocycles. The minimum Gasteiger partial charge on any atom is -0.343 e. The van der Waals surface area contributed by atoms with Crippen molar-refractivity contribution in [2.75, 3.05) is 89.1 Å². The predicted octanol–water partition coefficient (Wildman–Crippen LogP) is 6.48. The molecule has 0 aromatic heterocycles. The number of urea groups is 1. The molecular formula is C70H108ClF3N12O12. The maximum Gasteiger partial charge on any atom is 0.417 e. The largest absolute Gasteiger partial charge is 0.417 e. The Bertz CT molecular complexity index is 3020. The fourth-order valence-electron chi connectivity index (χ4n) is 14.6. The zero-order valence-corrected chi connectivity index (χ0v) is 60.5. The quantitative estimate of drug-likeness (QED) is 0.215. The number of carbonyl (C=O) groups is 12. The molecule has 1 spiro atoms. The average Bonchev–Trinajstić information content (AvgIpc) is 1.20. The summed E-state index contributed by atoms with van der Waals surface area (Å²) in [6.45, 7) is 6.31. The first-order valence-corrected chi connectivity index (χ1v) is 35.6. The highest BCUT2D eigenvalue weighted by Crippen LogP contribution is 2.38. The third kappa shape index (κ3) is 20.6. The molecule has 548 valence electrons. The second kappa shape index (κ2) is 35.8. The number of imide groups is 1. The van der Waals surface area contributed by atoms with E-state index in [-0.39, 0.29) is 55.9 Å². The summed E-state index contributed by atoms with van der Waals surface area (Å²) in [6, 6.07) is -5.77. The van der Waals surface area contributed by atoms with E-state index in [9.17, 15) is 51.5 Å². The van der Waals surface area contributed by atoms with E-state index >= 15 is 19.2 Å². The van der Waals surface area contributed by atoms with Crippen molar-refractivity contribution in [3.63, 3.8) is 0 Å². The van der Waals surface area contributed by atoms with Gasteiger partial charge >= 0.3 is 12.2 Å². The summed E-state index contributed by atoms with van der Waals surface area (Å²) < 4.78 is 41.5. The summed E-state index contributed by atoms with van der Waals surface area (Å²) in [6.07, 6.45) is 5.86. The van der Waals surface area contributed by atoms with Gasteiger partial charge in [-0.25, -0.2) is 4.79 Å². The highest BCUT2D eigenvalue weighted by molar-refractivity contribution is 6.31. The van der Waals surface area contributed by atoms with Gasteiger partial charge < -0.3 is 55.1 Å². The van der Waals surface area contributed by atoms with Crippen molar-refractivity contribution >= 4 is 82.6 Å². The third-order valence-corrected chi connectivity index (χ3v) is 21.4. The van der Waals surface area contributed by atoms with Gasteiger partial charge in [-0.2, -0.15) is 13.2 Å². The number of hydrogen-bond acceptors (Lipinski definition) is 12. The third-order valence-electron chi connectivity index (χ3n) is 21.1. The molecule has 1 aromatic rings. The number of likely N-dealkylation sites (tertiary alicyclic amines) is 1. The highest BCUT2D eigenvalue weighted by atomic mass is 35.5. The van der Waals surface area contributed by atoms with Crippen LogP contribution in [0, 0.1) is 23.7 Å². The summed E-state index contributed by atoms with van der Waals surface area (Å²) in [4.78, 5) is 189. The van der Waals surface area contributed by atoms with Crippen LogP contribution in [0.2, 0.25) is 5.02 Å². The molecule has 98 heavy (non-hydrogen) atoms. The number of likely N-dealkylation sites (N-methyl/N-ethyl adjacent to an activating group) is 8. The molecule has 0 bridgehead atoms. The SMILES string of the molecule is CC[C@H](C)[C@@H]1NC(=O)[C@H](CC(C)C)N(C)C(=O)C[C@@H](C(=O)N2CCCCC2)N(C)C(=O)C(C2CCCCC2)N(C)C(=O)C2(CCCC2)NC(=O)N(C)C(=O)[C@@H](CCc2ccc(C(F)(F)F)c(Cl)c2)NC(=O)CN(C)C(=O)[C@H](CC2CCCCC2)N(C)C(=O)CN(C)C(=O)CN(C)C1=O. The molecule has 3 aliphatic carbocycles. The Hall–Kier alpha value is -7.06. The number of rotatable bonds is 11. The van der Waals surface area contributed by atoms with Gasteiger partial charge in [-0.15, -0.1) is 0 Å². The van der Waals surface area contributed by atoms with Crippen LogP contribution in [0.4, 0.5) is 18.0 Å². The second-order valence-electron chi connectivity index (χ2n) is 28.8. The summed E-state index contributed by atoms with van der Waals surface area (Å²) in [5, 5.41) is 7.79. The molecule has 28 heteroatoms. The number of piperidine rings is 1. The highest BCUT2D eigenvalue weighted by Gasteiger charge is 2.51. The number of halogens is 4. The predicted molar refractivity (Wildman–Crippen MR) is 362 cm³/mol. The molecular weight excluding hydrogens is 1290 g/mol. The van der Waals surface area contributed by atoms with E-state index in [0.29, 0.717) is 62.9 Å².